The highest BCUT2D eigenvalue weighted by Crippen LogP contribution is 2.41. The molecule has 3 unspecified atom stereocenters. The van der Waals surface area contributed by atoms with Gasteiger partial charge >= 0.3 is 5.97 Å². The number of nitrogens with one attached hydrogen (secondary N) is 1. The van der Waals surface area contributed by atoms with Gasteiger partial charge in [0.1, 0.15) is 5.54 Å². The molecule has 1 aliphatic carbocycles. The summed E-state index contributed by atoms with van der Waals surface area (Å²) in [6, 6.07) is 0. The molecule has 5 heteroatoms. The number of fused-ring (bicyclic) bond motifs is 2. The minimum absolute atomic E-state index is 0.0858. The number of esters is 1. The molecule has 0 aromatic rings. The summed E-state index contributed by atoms with van der Waals surface area (Å²) < 4.78 is 11.1. The molecule has 1 N–H and O–H groups in total. The molecule has 0 aromatic heterocycles. The first-order valence-corrected chi connectivity index (χ1v) is 8.39. The zero-order chi connectivity index (χ0) is 14.9. The number of hydrogen-bond donors (Lipinski definition) is 1. The van der Waals surface area contributed by atoms with Crippen LogP contribution in [0.4, 0.5) is 0 Å². The highest BCUT2D eigenvalue weighted by molar-refractivity contribution is 5.82. The van der Waals surface area contributed by atoms with E-state index < -0.39 is 5.54 Å². The Balaban J connectivity index is 1.72. The predicted octanol–water partition coefficient (Wildman–Crippen LogP) is 1.17. The van der Waals surface area contributed by atoms with Crippen LogP contribution in [0.2, 0.25) is 0 Å². The fourth-order valence-corrected chi connectivity index (χ4v) is 3.92. The summed E-state index contributed by atoms with van der Waals surface area (Å²) in [4.78, 5) is 15.0. The Bertz CT molecular complexity index is 374. The van der Waals surface area contributed by atoms with Crippen molar-refractivity contribution < 1.29 is 14.3 Å². The van der Waals surface area contributed by atoms with Crippen molar-refractivity contribution in [3.05, 3.63) is 0 Å². The fourth-order valence-electron chi connectivity index (χ4n) is 3.92. The van der Waals surface area contributed by atoms with Crippen LogP contribution in [0.5, 0.6) is 0 Å². The minimum atomic E-state index is -0.512. The molecule has 2 saturated heterocycles. The zero-order valence-electron chi connectivity index (χ0n) is 13.3. The molecule has 5 nitrogen and oxygen atoms in total. The molecule has 0 amide bonds. The van der Waals surface area contributed by atoms with Gasteiger partial charge in [0.2, 0.25) is 0 Å². The number of hydrogen-bond acceptors (Lipinski definition) is 5. The van der Waals surface area contributed by atoms with Crippen molar-refractivity contribution in [2.75, 3.05) is 33.3 Å². The second kappa shape index (κ2) is 6.23. The number of likely N-dealkylation sites (tertiary alicyclic amines) is 1. The molecule has 2 aliphatic heterocycles. The van der Waals surface area contributed by atoms with Gasteiger partial charge in [-0.25, -0.2) is 4.79 Å². The Kier molecular flexibility index (Phi) is 4.52. The summed E-state index contributed by atoms with van der Waals surface area (Å²) in [5.74, 6) is 0.342. The topological polar surface area (TPSA) is 50.8 Å². The van der Waals surface area contributed by atoms with E-state index in [0.717, 1.165) is 58.3 Å². The van der Waals surface area contributed by atoms with Crippen molar-refractivity contribution in [1.29, 1.82) is 0 Å². The van der Waals surface area contributed by atoms with Crippen LogP contribution in [0.25, 0.3) is 0 Å². The maximum atomic E-state index is 12.5. The maximum absolute atomic E-state index is 12.5. The number of nitrogens with zero attached hydrogens (tertiary/aromatic N) is 1. The van der Waals surface area contributed by atoms with Crippen molar-refractivity contribution in [3.63, 3.8) is 0 Å². The van der Waals surface area contributed by atoms with Gasteiger partial charge < -0.3 is 14.8 Å². The third-order valence-electron chi connectivity index (χ3n) is 5.11. The zero-order valence-corrected chi connectivity index (χ0v) is 13.3. The molecule has 1 saturated carbocycles. The molecular formula is C16H28N2O3. The Labute approximate surface area is 127 Å². The summed E-state index contributed by atoms with van der Waals surface area (Å²) >= 11 is 0. The molecule has 0 spiro atoms. The molecule has 3 atom stereocenters. The lowest BCUT2D eigenvalue weighted by Crippen LogP contribution is -2.63. The number of ether oxygens (including phenoxy) is 2. The van der Waals surface area contributed by atoms with Crippen LogP contribution in [-0.4, -0.2) is 61.9 Å². The van der Waals surface area contributed by atoms with E-state index >= 15 is 0 Å². The average Bonchev–Trinajstić information content (AvgIpc) is 3.29. The monoisotopic (exact) mass is 296 g/mol. The third-order valence-corrected chi connectivity index (χ3v) is 5.11. The Morgan fingerprint density at radius 2 is 1.95 bits per heavy atom. The molecule has 2 bridgehead atoms. The largest absolute Gasteiger partial charge is 0.468 e. The van der Waals surface area contributed by atoms with E-state index in [2.05, 4.69) is 17.1 Å². The van der Waals surface area contributed by atoms with Gasteiger partial charge in [-0.15, -0.1) is 0 Å². The fraction of sp³-hybridized carbons (Fsp3) is 0.938. The number of rotatable bonds is 7. The van der Waals surface area contributed by atoms with E-state index in [9.17, 15) is 4.79 Å². The van der Waals surface area contributed by atoms with Gasteiger partial charge in [0.05, 0.1) is 19.3 Å². The number of carbonyl (C=O) groups excluding carboxylic acids is 1. The van der Waals surface area contributed by atoms with Crippen molar-refractivity contribution in [2.45, 2.75) is 56.8 Å². The van der Waals surface area contributed by atoms with E-state index in [1.165, 1.54) is 7.11 Å². The minimum Gasteiger partial charge on any atom is -0.468 e. The lowest BCUT2D eigenvalue weighted by molar-refractivity contribution is -0.152. The van der Waals surface area contributed by atoms with Crippen LogP contribution in [0.15, 0.2) is 0 Å². The van der Waals surface area contributed by atoms with Crippen LogP contribution in [0.3, 0.4) is 0 Å². The lowest BCUT2D eigenvalue weighted by atomic mass is 9.91. The van der Waals surface area contributed by atoms with Crippen LogP contribution >= 0.6 is 0 Å². The first-order valence-electron chi connectivity index (χ1n) is 8.39. The quantitative estimate of drug-likeness (QED) is 0.715. The highest BCUT2D eigenvalue weighted by Gasteiger charge is 2.53. The number of carbonyl (C=O) groups is 1. The van der Waals surface area contributed by atoms with Crippen LogP contribution in [0.1, 0.15) is 39.0 Å². The first-order chi connectivity index (χ1) is 10.2. The van der Waals surface area contributed by atoms with Crippen molar-refractivity contribution >= 4 is 5.97 Å². The van der Waals surface area contributed by atoms with E-state index in [4.69, 9.17) is 9.47 Å². The van der Waals surface area contributed by atoms with Gasteiger partial charge in [0.15, 0.2) is 0 Å². The summed E-state index contributed by atoms with van der Waals surface area (Å²) in [5, 5.41) is 3.54. The Hall–Kier alpha value is -0.650. The van der Waals surface area contributed by atoms with Crippen molar-refractivity contribution in [3.8, 4) is 0 Å². The van der Waals surface area contributed by atoms with Gasteiger partial charge in [-0.2, -0.15) is 0 Å². The van der Waals surface area contributed by atoms with Gasteiger partial charge in [0, 0.05) is 19.6 Å². The third kappa shape index (κ3) is 3.10. The molecule has 0 radical (unpaired) electrons. The summed E-state index contributed by atoms with van der Waals surface area (Å²) in [6.07, 6.45) is 6.34. The van der Waals surface area contributed by atoms with Crippen molar-refractivity contribution in [2.24, 2.45) is 5.92 Å². The number of methoxy groups -OCH3 is 1. The smallest absolute Gasteiger partial charge is 0.327 e. The predicted molar refractivity (Wildman–Crippen MR) is 80.1 cm³/mol. The molecule has 3 rings (SSSR count). The molecule has 120 valence electrons. The van der Waals surface area contributed by atoms with Gasteiger partial charge in [-0.05, 0) is 44.6 Å². The van der Waals surface area contributed by atoms with Crippen LogP contribution in [-0.2, 0) is 14.3 Å². The SMILES string of the molecule is CCCNC(CN1CC2CCC(C1)O2)(C(=O)OC)C1CC1. The maximum Gasteiger partial charge on any atom is 0.327 e. The highest BCUT2D eigenvalue weighted by atomic mass is 16.5. The molecule has 21 heavy (non-hydrogen) atoms. The number of morpholine rings is 1. The van der Waals surface area contributed by atoms with E-state index in [0.29, 0.717) is 18.1 Å². The second-order valence-electron chi connectivity index (χ2n) is 6.82. The molecular weight excluding hydrogens is 268 g/mol. The second-order valence-corrected chi connectivity index (χ2v) is 6.82. The van der Waals surface area contributed by atoms with Crippen LogP contribution in [0, 0.1) is 5.92 Å². The summed E-state index contributed by atoms with van der Waals surface area (Å²) in [5.41, 5.74) is -0.512. The van der Waals surface area contributed by atoms with E-state index in [1.54, 1.807) is 0 Å². The molecule has 3 aliphatic rings. The Morgan fingerprint density at radius 3 is 2.48 bits per heavy atom. The summed E-state index contributed by atoms with van der Waals surface area (Å²) in [6.45, 7) is 5.67. The molecule has 2 heterocycles. The van der Waals surface area contributed by atoms with Gasteiger partial charge in [-0.3, -0.25) is 4.90 Å². The summed E-state index contributed by atoms with van der Waals surface area (Å²) in [7, 11) is 1.51. The normalized spacial score (nSPS) is 31.9. The van der Waals surface area contributed by atoms with Gasteiger partial charge in [-0.1, -0.05) is 6.92 Å². The lowest BCUT2D eigenvalue weighted by Gasteiger charge is -2.40. The standard InChI is InChI=1S/C16H28N2O3/c1-3-8-17-16(12-4-5-12,15(19)20-2)11-18-9-13-6-7-14(10-18)21-13/h12-14,17H,3-11H2,1-2H3. The van der Waals surface area contributed by atoms with E-state index in [1.807, 2.05) is 0 Å². The van der Waals surface area contributed by atoms with Crippen molar-refractivity contribution in [1.82, 2.24) is 10.2 Å². The van der Waals surface area contributed by atoms with E-state index in [-0.39, 0.29) is 5.97 Å². The van der Waals surface area contributed by atoms with Gasteiger partial charge in [0.25, 0.3) is 0 Å². The Morgan fingerprint density at radius 1 is 1.29 bits per heavy atom. The molecule has 0 aromatic carbocycles. The first kappa shape index (κ1) is 15.3. The molecule has 3 fully saturated rings. The van der Waals surface area contributed by atoms with Crippen LogP contribution < -0.4 is 5.32 Å². The average molecular weight is 296 g/mol.